The van der Waals surface area contributed by atoms with Crippen LogP contribution in [0.25, 0.3) is 0 Å². The molecule has 0 amide bonds. The number of unbranched alkanes of at least 4 members (excludes halogenated alkanes) is 8. The van der Waals surface area contributed by atoms with Crippen molar-refractivity contribution in [3.05, 3.63) is 0 Å². The van der Waals surface area contributed by atoms with E-state index in [1.165, 1.54) is 57.8 Å². The van der Waals surface area contributed by atoms with Crippen LogP contribution in [0, 0.1) is 0 Å². The molecule has 1 heterocycles. The van der Waals surface area contributed by atoms with Crippen molar-refractivity contribution in [1.82, 2.24) is 21.1 Å². The minimum absolute atomic E-state index is 0.144. The lowest BCUT2D eigenvalue weighted by Crippen LogP contribution is -2.64. The molecular formula is C15H36N6. The molecule has 126 valence electrons. The van der Waals surface area contributed by atoms with Crippen LogP contribution in [-0.2, 0) is 0 Å². The smallest absolute Gasteiger partial charge is 0.0764 e. The summed E-state index contributed by atoms with van der Waals surface area (Å²) in [6, 6.07) is 0. The van der Waals surface area contributed by atoms with Crippen molar-refractivity contribution in [2.45, 2.75) is 83.5 Å². The lowest BCUT2D eigenvalue weighted by molar-refractivity contribution is 0.0771. The number of hydrogen-bond acceptors (Lipinski definition) is 6. The molecule has 1 rings (SSSR count). The molecule has 1 saturated heterocycles. The van der Waals surface area contributed by atoms with Crippen molar-refractivity contribution >= 4 is 0 Å². The van der Waals surface area contributed by atoms with Gasteiger partial charge >= 0.3 is 0 Å². The van der Waals surface area contributed by atoms with Crippen LogP contribution < -0.4 is 27.9 Å². The maximum Gasteiger partial charge on any atom is 0.0764 e. The average molecular weight is 300 g/mol. The van der Waals surface area contributed by atoms with Crippen LogP contribution in [0.2, 0.25) is 0 Å². The molecule has 7 N–H and O–H groups in total. The van der Waals surface area contributed by atoms with Gasteiger partial charge < -0.3 is 0 Å². The Balaban J connectivity index is 1.99. The van der Waals surface area contributed by atoms with Crippen LogP contribution in [0.15, 0.2) is 0 Å². The first-order chi connectivity index (χ1) is 10.3. The Morgan fingerprint density at radius 2 is 1.57 bits per heavy atom. The minimum Gasteiger partial charge on any atom is -0.288 e. The standard InChI is InChI=1S/C15H36N6/c1-2-3-4-5-6-7-8-9-10-11-21-13-18-14(19-16)12-15(21)20-17/h14-15,18-20H,2-13,16-17H2,1H3. The van der Waals surface area contributed by atoms with Crippen LogP contribution in [0.4, 0.5) is 0 Å². The fourth-order valence-corrected chi connectivity index (χ4v) is 2.95. The van der Waals surface area contributed by atoms with Gasteiger partial charge in [-0.3, -0.25) is 21.9 Å². The van der Waals surface area contributed by atoms with E-state index in [9.17, 15) is 0 Å². The number of rotatable bonds is 12. The summed E-state index contributed by atoms with van der Waals surface area (Å²) in [6.07, 6.45) is 13.5. The number of hydrazine groups is 2. The molecule has 1 fully saturated rings. The maximum atomic E-state index is 5.63. The Morgan fingerprint density at radius 3 is 2.14 bits per heavy atom. The fourth-order valence-electron chi connectivity index (χ4n) is 2.95. The summed E-state index contributed by atoms with van der Waals surface area (Å²) in [5.41, 5.74) is 5.65. The molecule has 0 spiro atoms. The molecule has 0 aliphatic carbocycles. The molecule has 0 bridgehead atoms. The monoisotopic (exact) mass is 300 g/mol. The van der Waals surface area contributed by atoms with Crippen molar-refractivity contribution in [3.63, 3.8) is 0 Å². The van der Waals surface area contributed by atoms with E-state index in [1.807, 2.05) is 0 Å². The quantitative estimate of drug-likeness (QED) is 0.212. The van der Waals surface area contributed by atoms with Gasteiger partial charge in [-0.05, 0) is 6.42 Å². The third-order valence-electron chi connectivity index (χ3n) is 4.38. The van der Waals surface area contributed by atoms with E-state index in [0.29, 0.717) is 0 Å². The molecule has 0 aromatic carbocycles. The second-order valence-corrected chi connectivity index (χ2v) is 6.14. The van der Waals surface area contributed by atoms with Gasteiger partial charge in [0.15, 0.2) is 0 Å². The molecule has 2 atom stereocenters. The third-order valence-corrected chi connectivity index (χ3v) is 4.38. The fraction of sp³-hybridized carbons (Fsp3) is 1.00. The van der Waals surface area contributed by atoms with E-state index >= 15 is 0 Å². The highest BCUT2D eigenvalue weighted by Crippen LogP contribution is 2.12. The minimum atomic E-state index is 0.144. The molecule has 0 aromatic heterocycles. The first-order valence-corrected chi connectivity index (χ1v) is 8.71. The summed E-state index contributed by atoms with van der Waals surface area (Å²) in [6.45, 7) is 4.19. The lowest BCUT2D eigenvalue weighted by Gasteiger charge is -2.39. The Hall–Kier alpha value is -0.240. The zero-order chi connectivity index (χ0) is 15.3. The number of hydrogen-bond donors (Lipinski definition) is 5. The number of nitrogens with one attached hydrogen (secondary N) is 3. The highest BCUT2D eigenvalue weighted by atomic mass is 15.5. The molecule has 0 aromatic rings. The normalized spacial score (nSPS) is 23.6. The largest absolute Gasteiger partial charge is 0.288 e. The van der Waals surface area contributed by atoms with Crippen LogP contribution >= 0.6 is 0 Å². The summed E-state index contributed by atoms with van der Waals surface area (Å²) in [7, 11) is 0. The molecule has 2 unspecified atom stereocenters. The van der Waals surface area contributed by atoms with Crippen molar-refractivity contribution in [2.75, 3.05) is 13.2 Å². The second kappa shape index (κ2) is 12.3. The Morgan fingerprint density at radius 1 is 0.952 bits per heavy atom. The predicted octanol–water partition coefficient (Wildman–Crippen LogP) is 1.35. The van der Waals surface area contributed by atoms with E-state index in [4.69, 9.17) is 11.7 Å². The van der Waals surface area contributed by atoms with Crippen LogP contribution in [0.5, 0.6) is 0 Å². The van der Waals surface area contributed by atoms with Crippen molar-refractivity contribution in [3.8, 4) is 0 Å². The van der Waals surface area contributed by atoms with Crippen LogP contribution in [0.3, 0.4) is 0 Å². The SMILES string of the molecule is CCCCCCCCCCCN1CNC(NN)CC1NN. The first-order valence-electron chi connectivity index (χ1n) is 8.71. The topological polar surface area (TPSA) is 91.4 Å². The maximum absolute atomic E-state index is 5.63. The van der Waals surface area contributed by atoms with E-state index < -0.39 is 0 Å². The van der Waals surface area contributed by atoms with Gasteiger partial charge in [-0.25, -0.2) is 10.9 Å². The van der Waals surface area contributed by atoms with E-state index in [0.717, 1.165) is 19.6 Å². The molecule has 21 heavy (non-hydrogen) atoms. The van der Waals surface area contributed by atoms with Gasteiger partial charge in [-0.15, -0.1) is 0 Å². The van der Waals surface area contributed by atoms with Gasteiger partial charge in [-0.1, -0.05) is 58.3 Å². The van der Waals surface area contributed by atoms with E-state index in [2.05, 4.69) is 28.0 Å². The summed E-state index contributed by atoms with van der Waals surface area (Å²) in [5, 5.41) is 3.36. The highest BCUT2D eigenvalue weighted by Gasteiger charge is 2.25. The van der Waals surface area contributed by atoms with Gasteiger partial charge in [-0.2, -0.15) is 0 Å². The van der Waals surface area contributed by atoms with Crippen LogP contribution in [-0.4, -0.2) is 30.4 Å². The summed E-state index contributed by atoms with van der Waals surface area (Å²) >= 11 is 0. The van der Waals surface area contributed by atoms with Crippen molar-refractivity contribution in [1.29, 1.82) is 0 Å². The summed E-state index contributed by atoms with van der Waals surface area (Å²) in [4.78, 5) is 2.36. The summed E-state index contributed by atoms with van der Waals surface area (Å²) in [5.74, 6) is 11.1. The molecule has 0 saturated carbocycles. The van der Waals surface area contributed by atoms with Crippen molar-refractivity contribution in [2.24, 2.45) is 11.7 Å². The first kappa shape index (κ1) is 18.8. The zero-order valence-electron chi connectivity index (χ0n) is 13.7. The molecule has 0 radical (unpaired) electrons. The number of nitrogens with two attached hydrogens (primary N) is 2. The average Bonchev–Trinajstić information content (AvgIpc) is 2.53. The Kier molecular flexibility index (Phi) is 11.0. The van der Waals surface area contributed by atoms with Crippen molar-refractivity contribution < 1.29 is 0 Å². The van der Waals surface area contributed by atoms with Gasteiger partial charge in [0.1, 0.15) is 0 Å². The molecule has 6 heteroatoms. The van der Waals surface area contributed by atoms with Crippen LogP contribution in [0.1, 0.15) is 71.1 Å². The second-order valence-electron chi connectivity index (χ2n) is 6.14. The molecule has 1 aliphatic heterocycles. The number of nitrogens with zero attached hydrogens (tertiary/aromatic N) is 1. The van der Waals surface area contributed by atoms with Gasteiger partial charge in [0, 0.05) is 13.0 Å². The Bertz CT molecular complexity index is 238. The zero-order valence-corrected chi connectivity index (χ0v) is 13.7. The van der Waals surface area contributed by atoms with E-state index in [-0.39, 0.29) is 12.3 Å². The highest BCUT2D eigenvalue weighted by molar-refractivity contribution is 4.78. The third kappa shape index (κ3) is 8.09. The molecular weight excluding hydrogens is 264 g/mol. The molecule has 1 aliphatic rings. The lowest BCUT2D eigenvalue weighted by atomic mass is 10.1. The summed E-state index contributed by atoms with van der Waals surface area (Å²) < 4.78 is 0. The van der Waals surface area contributed by atoms with Gasteiger partial charge in [0.25, 0.3) is 0 Å². The molecule has 6 nitrogen and oxygen atoms in total. The van der Waals surface area contributed by atoms with Gasteiger partial charge in [0.2, 0.25) is 0 Å². The van der Waals surface area contributed by atoms with Gasteiger partial charge in [0.05, 0.1) is 19.0 Å². The Labute approximate surface area is 130 Å². The predicted molar refractivity (Wildman–Crippen MR) is 88.8 cm³/mol. The van der Waals surface area contributed by atoms with E-state index in [1.54, 1.807) is 0 Å².